The summed E-state index contributed by atoms with van der Waals surface area (Å²) in [5, 5.41) is 0. The van der Waals surface area contributed by atoms with Crippen molar-refractivity contribution in [2.75, 3.05) is 26.2 Å². The maximum atomic E-state index is 14.1. The normalized spacial score (nSPS) is 16.2. The molecule has 1 aromatic carbocycles. The van der Waals surface area contributed by atoms with E-state index in [2.05, 4.69) is 9.88 Å². The van der Waals surface area contributed by atoms with Crippen LogP contribution in [0.1, 0.15) is 27.9 Å². The molecule has 1 saturated heterocycles. The predicted octanol–water partition coefficient (Wildman–Crippen LogP) is 3.59. The topological polar surface area (TPSA) is 36.4 Å². The van der Waals surface area contributed by atoms with E-state index in [9.17, 15) is 22.4 Å². The van der Waals surface area contributed by atoms with E-state index in [4.69, 9.17) is 0 Å². The lowest BCUT2D eigenvalue weighted by Gasteiger charge is -2.23. The van der Waals surface area contributed by atoms with Crippen molar-refractivity contribution >= 4 is 5.91 Å². The summed E-state index contributed by atoms with van der Waals surface area (Å²) in [6.07, 6.45) is -0.793. The van der Waals surface area contributed by atoms with E-state index in [0.717, 1.165) is 23.8 Å². The minimum atomic E-state index is -4.79. The predicted molar refractivity (Wildman–Crippen MR) is 91.4 cm³/mol. The Labute approximate surface area is 154 Å². The van der Waals surface area contributed by atoms with E-state index in [1.807, 2.05) is 12.1 Å². The summed E-state index contributed by atoms with van der Waals surface area (Å²) in [7, 11) is 0. The van der Waals surface area contributed by atoms with Crippen LogP contribution in [0.25, 0.3) is 0 Å². The Morgan fingerprint density at radius 3 is 2.48 bits per heavy atom. The van der Waals surface area contributed by atoms with Crippen LogP contribution in [0.3, 0.4) is 0 Å². The summed E-state index contributed by atoms with van der Waals surface area (Å²) in [4.78, 5) is 20.1. The SMILES string of the molecule is O=C(c1c(F)cccc1C(F)(F)F)N1CCCN(Cc2ccncc2)CC1. The van der Waals surface area contributed by atoms with Gasteiger partial charge in [-0.15, -0.1) is 0 Å². The molecule has 0 spiro atoms. The number of halogens is 4. The Morgan fingerprint density at radius 1 is 1.04 bits per heavy atom. The number of benzene rings is 1. The molecule has 144 valence electrons. The summed E-state index contributed by atoms with van der Waals surface area (Å²) in [5.74, 6) is -2.06. The van der Waals surface area contributed by atoms with Crippen LogP contribution >= 0.6 is 0 Å². The van der Waals surface area contributed by atoms with E-state index in [1.54, 1.807) is 12.4 Å². The number of carbonyl (C=O) groups excluding carboxylic acids is 1. The zero-order chi connectivity index (χ0) is 19.4. The maximum absolute atomic E-state index is 14.1. The van der Waals surface area contributed by atoms with Crippen LogP contribution in [0.5, 0.6) is 0 Å². The zero-order valence-electron chi connectivity index (χ0n) is 14.5. The summed E-state index contributed by atoms with van der Waals surface area (Å²) < 4.78 is 53.7. The van der Waals surface area contributed by atoms with Gasteiger partial charge in [-0.3, -0.25) is 14.7 Å². The van der Waals surface area contributed by atoms with Crippen molar-refractivity contribution in [3.05, 3.63) is 65.2 Å². The summed E-state index contributed by atoms with van der Waals surface area (Å²) in [6.45, 7) is 2.41. The molecule has 2 aromatic rings. The average Bonchev–Trinajstić information content (AvgIpc) is 2.87. The van der Waals surface area contributed by atoms with Crippen LogP contribution in [0.15, 0.2) is 42.7 Å². The maximum Gasteiger partial charge on any atom is 0.417 e. The van der Waals surface area contributed by atoms with Gasteiger partial charge in [-0.2, -0.15) is 13.2 Å². The molecule has 0 unspecified atom stereocenters. The molecule has 0 bridgehead atoms. The third kappa shape index (κ3) is 4.63. The Morgan fingerprint density at radius 2 is 1.78 bits per heavy atom. The average molecular weight is 381 g/mol. The first-order valence-electron chi connectivity index (χ1n) is 8.62. The third-order valence-corrected chi connectivity index (χ3v) is 4.56. The molecule has 1 aliphatic rings. The van der Waals surface area contributed by atoms with Crippen molar-refractivity contribution in [1.29, 1.82) is 0 Å². The number of carbonyl (C=O) groups is 1. The molecule has 0 radical (unpaired) electrons. The number of nitrogens with zero attached hydrogens (tertiary/aromatic N) is 3. The van der Waals surface area contributed by atoms with Gasteiger partial charge in [0, 0.05) is 45.1 Å². The minimum Gasteiger partial charge on any atom is -0.337 e. The second kappa shape index (κ2) is 8.04. The van der Waals surface area contributed by atoms with Crippen LogP contribution in [-0.2, 0) is 12.7 Å². The van der Waals surface area contributed by atoms with E-state index in [-0.39, 0.29) is 13.1 Å². The fourth-order valence-corrected chi connectivity index (χ4v) is 3.21. The van der Waals surface area contributed by atoms with E-state index in [1.165, 1.54) is 4.90 Å². The highest BCUT2D eigenvalue weighted by Crippen LogP contribution is 2.33. The molecule has 1 fully saturated rings. The molecule has 1 amide bonds. The summed E-state index contributed by atoms with van der Waals surface area (Å²) >= 11 is 0. The van der Waals surface area contributed by atoms with Crippen molar-refractivity contribution in [2.45, 2.75) is 19.1 Å². The third-order valence-electron chi connectivity index (χ3n) is 4.56. The molecular formula is C19H19F4N3O. The number of alkyl halides is 3. The Kier molecular flexibility index (Phi) is 5.74. The van der Waals surface area contributed by atoms with Gasteiger partial charge in [0.05, 0.1) is 11.1 Å². The quantitative estimate of drug-likeness (QED) is 0.763. The molecule has 0 aliphatic carbocycles. The Balaban J connectivity index is 1.74. The fraction of sp³-hybridized carbons (Fsp3) is 0.368. The Bertz CT molecular complexity index is 795. The molecule has 8 heteroatoms. The standard InChI is InChI=1S/C19H19F4N3O/c20-16-4-1-3-15(19(21,22)23)17(16)18(27)26-10-2-9-25(11-12-26)13-14-5-7-24-8-6-14/h1,3-8H,2,9-13H2. The molecular weight excluding hydrogens is 362 g/mol. The highest BCUT2D eigenvalue weighted by molar-refractivity contribution is 5.96. The van der Waals surface area contributed by atoms with Crippen molar-refractivity contribution in [3.63, 3.8) is 0 Å². The first-order valence-corrected chi connectivity index (χ1v) is 8.62. The molecule has 0 saturated carbocycles. The number of pyridine rings is 1. The van der Waals surface area contributed by atoms with Crippen LogP contribution in [-0.4, -0.2) is 46.9 Å². The number of amides is 1. The van der Waals surface area contributed by atoms with Gasteiger partial charge in [-0.1, -0.05) is 6.07 Å². The lowest BCUT2D eigenvalue weighted by Crippen LogP contribution is -2.36. The van der Waals surface area contributed by atoms with Crippen LogP contribution in [0.4, 0.5) is 17.6 Å². The van der Waals surface area contributed by atoms with Crippen LogP contribution < -0.4 is 0 Å². The van der Waals surface area contributed by atoms with Gasteiger partial charge in [-0.25, -0.2) is 4.39 Å². The van der Waals surface area contributed by atoms with Gasteiger partial charge >= 0.3 is 6.18 Å². The van der Waals surface area contributed by atoms with Gasteiger partial charge in [0.1, 0.15) is 5.82 Å². The fourth-order valence-electron chi connectivity index (χ4n) is 3.21. The molecule has 3 rings (SSSR count). The monoisotopic (exact) mass is 381 g/mol. The number of aromatic nitrogens is 1. The van der Waals surface area contributed by atoms with E-state index >= 15 is 0 Å². The lowest BCUT2D eigenvalue weighted by atomic mass is 10.0. The summed E-state index contributed by atoms with van der Waals surface area (Å²) in [6, 6.07) is 6.37. The molecule has 27 heavy (non-hydrogen) atoms. The van der Waals surface area contributed by atoms with E-state index < -0.39 is 29.0 Å². The van der Waals surface area contributed by atoms with Crippen LogP contribution in [0, 0.1) is 5.82 Å². The summed E-state index contributed by atoms with van der Waals surface area (Å²) in [5.41, 5.74) is -1.06. The van der Waals surface area contributed by atoms with Crippen molar-refractivity contribution in [1.82, 2.24) is 14.8 Å². The number of hydrogen-bond acceptors (Lipinski definition) is 3. The molecule has 2 heterocycles. The van der Waals surface area contributed by atoms with Gasteiger partial charge in [0.2, 0.25) is 0 Å². The van der Waals surface area contributed by atoms with E-state index in [0.29, 0.717) is 26.1 Å². The van der Waals surface area contributed by atoms with Crippen molar-refractivity contribution in [2.24, 2.45) is 0 Å². The van der Waals surface area contributed by atoms with Gasteiger partial charge in [0.25, 0.3) is 5.91 Å². The molecule has 0 atom stereocenters. The first kappa shape index (κ1) is 19.3. The highest BCUT2D eigenvalue weighted by atomic mass is 19.4. The Hall–Kier alpha value is -2.48. The molecule has 1 aliphatic heterocycles. The highest BCUT2D eigenvalue weighted by Gasteiger charge is 2.38. The number of hydrogen-bond donors (Lipinski definition) is 0. The van der Waals surface area contributed by atoms with Crippen molar-refractivity contribution in [3.8, 4) is 0 Å². The second-order valence-corrected chi connectivity index (χ2v) is 6.44. The molecule has 1 aromatic heterocycles. The van der Waals surface area contributed by atoms with Gasteiger partial charge < -0.3 is 4.90 Å². The molecule has 0 N–H and O–H groups in total. The smallest absolute Gasteiger partial charge is 0.337 e. The largest absolute Gasteiger partial charge is 0.417 e. The van der Waals surface area contributed by atoms with Crippen molar-refractivity contribution < 1.29 is 22.4 Å². The minimum absolute atomic E-state index is 0.246. The lowest BCUT2D eigenvalue weighted by molar-refractivity contribution is -0.138. The second-order valence-electron chi connectivity index (χ2n) is 6.44. The number of rotatable bonds is 3. The zero-order valence-corrected chi connectivity index (χ0v) is 14.5. The first-order chi connectivity index (χ1) is 12.9. The van der Waals surface area contributed by atoms with Gasteiger partial charge in [-0.05, 0) is 36.2 Å². The van der Waals surface area contributed by atoms with Gasteiger partial charge in [0.15, 0.2) is 0 Å². The van der Waals surface area contributed by atoms with Crippen LogP contribution in [0.2, 0.25) is 0 Å². The molecule has 4 nitrogen and oxygen atoms in total.